The summed E-state index contributed by atoms with van der Waals surface area (Å²) in [5.74, 6) is 1.33. The van der Waals surface area contributed by atoms with E-state index < -0.39 is 0 Å². The Balaban J connectivity index is 2.36. The highest BCUT2D eigenvalue weighted by Gasteiger charge is 2.02. The number of nitrogens with one attached hydrogen (secondary N) is 1. The number of hydrogen-bond donors (Lipinski definition) is 3. The lowest BCUT2D eigenvalue weighted by Crippen LogP contribution is -2.28. The van der Waals surface area contributed by atoms with Gasteiger partial charge in [0.15, 0.2) is 0 Å². The van der Waals surface area contributed by atoms with E-state index in [1.165, 1.54) is 0 Å². The largest absolute Gasteiger partial charge is 0.462 e. The molecule has 0 amide bonds. The van der Waals surface area contributed by atoms with Gasteiger partial charge in [-0.15, -0.1) is 0 Å². The van der Waals surface area contributed by atoms with Crippen LogP contribution in [0.3, 0.4) is 0 Å². The topological polar surface area (TPSA) is 65.6 Å². The fraction of sp³-hybridized carbons (Fsp3) is 0.556. The van der Waals surface area contributed by atoms with Crippen LogP contribution in [-0.4, -0.2) is 22.9 Å². The van der Waals surface area contributed by atoms with E-state index in [9.17, 15) is 0 Å². The molecule has 74 valence electrons. The summed E-state index contributed by atoms with van der Waals surface area (Å²) in [6.45, 7) is 2.49. The van der Waals surface area contributed by atoms with Crippen LogP contribution in [-0.2, 0) is 13.2 Å². The lowest BCUT2D eigenvalue weighted by atomic mass is 10.3. The number of aliphatic hydroxyl groups is 2. The average Bonchev–Trinajstić information content (AvgIpc) is 2.61. The van der Waals surface area contributed by atoms with E-state index in [4.69, 9.17) is 14.6 Å². The molecule has 0 saturated carbocycles. The van der Waals surface area contributed by atoms with Gasteiger partial charge in [0.05, 0.1) is 13.2 Å². The van der Waals surface area contributed by atoms with Gasteiger partial charge in [0.25, 0.3) is 0 Å². The number of aliphatic hydroxyl groups excluding tert-OH is 2. The van der Waals surface area contributed by atoms with Crippen molar-refractivity contribution in [3.8, 4) is 0 Å². The third-order valence-corrected chi connectivity index (χ3v) is 1.77. The Hall–Kier alpha value is -0.840. The van der Waals surface area contributed by atoms with Crippen LogP contribution in [0.2, 0.25) is 0 Å². The van der Waals surface area contributed by atoms with E-state index in [1.54, 1.807) is 6.07 Å². The van der Waals surface area contributed by atoms with Crippen molar-refractivity contribution in [3.05, 3.63) is 23.7 Å². The maximum Gasteiger partial charge on any atom is 0.129 e. The SMILES string of the molecule is C[C@H](CO)NCc1ccc(CO)o1. The van der Waals surface area contributed by atoms with Crippen LogP contribution < -0.4 is 5.32 Å². The second-order valence-electron chi connectivity index (χ2n) is 2.99. The van der Waals surface area contributed by atoms with Gasteiger partial charge < -0.3 is 19.9 Å². The van der Waals surface area contributed by atoms with Crippen LogP contribution in [0.25, 0.3) is 0 Å². The standard InChI is InChI=1S/C9H15NO3/c1-7(5-11)10-4-8-2-3-9(6-12)13-8/h2-3,7,10-12H,4-6H2,1H3/t7-/m1/s1. The van der Waals surface area contributed by atoms with E-state index in [2.05, 4.69) is 5.32 Å². The molecule has 1 aromatic rings. The van der Waals surface area contributed by atoms with Gasteiger partial charge >= 0.3 is 0 Å². The zero-order valence-electron chi connectivity index (χ0n) is 7.66. The minimum absolute atomic E-state index is 0.0580. The van der Waals surface area contributed by atoms with Crippen molar-refractivity contribution in [2.45, 2.75) is 26.1 Å². The Labute approximate surface area is 77.2 Å². The molecule has 3 N–H and O–H groups in total. The van der Waals surface area contributed by atoms with E-state index in [0.29, 0.717) is 12.3 Å². The van der Waals surface area contributed by atoms with Crippen LogP contribution >= 0.6 is 0 Å². The smallest absolute Gasteiger partial charge is 0.129 e. The molecule has 0 aliphatic rings. The molecule has 0 spiro atoms. The molecule has 0 aromatic carbocycles. The van der Waals surface area contributed by atoms with Gasteiger partial charge in [-0.1, -0.05) is 0 Å². The first-order valence-corrected chi connectivity index (χ1v) is 4.29. The van der Waals surface area contributed by atoms with Crippen molar-refractivity contribution in [2.75, 3.05) is 6.61 Å². The molecule has 4 nitrogen and oxygen atoms in total. The highest BCUT2D eigenvalue weighted by Crippen LogP contribution is 2.07. The van der Waals surface area contributed by atoms with Crippen LogP contribution in [0, 0.1) is 0 Å². The van der Waals surface area contributed by atoms with E-state index in [-0.39, 0.29) is 19.3 Å². The molecule has 0 unspecified atom stereocenters. The second kappa shape index (κ2) is 5.01. The summed E-state index contributed by atoms with van der Waals surface area (Å²) in [4.78, 5) is 0. The lowest BCUT2D eigenvalue weighted by molar-refractivity contribution is 0.235. The first-order chi connectivity index (χ1) is 6.26. The van der Waals surface area contributed by atoms with Crippen LogP contribution in [0.5, 0.6) is 0 Å². The van der Waals surface area contributed by atoms with E-state index in [0.717, 1.165) is 5.76 Å². The fourth-order valence-corrected chi connectivity index (χ4v) is 0.942. The average molecular weight is 185 g/mol. The summed E-state index contributed by atoms with van der Waals surface area (Å²) in [5, 5.41) is 20.5. The molecule has 4 heteroatoms. The highest BCUT2D eigenvalue weighted by molar-refractivity contribution is 5.06. The fourth-order valence-electron chi connectivity index (χ4n) is 0.942. The van der Waals surface area contributed by atoms with Crippen molar-refractivity contribution in [2.24, 2.45) is 0 Å². The predicted octanol–water partition coefficient (Wildman–Crippen LogP) is 0.242. The third-order valence-electron chi connectivity index (χ3n) is 1.77. The van der Waals surface area contributed by atoms with Gasteiger partial charge in [-0.05, 0) is 19.1 Å². The van der Waals surface area contributed by atoms with Crippen molar-refractivity contribution in [1.82, 2.24) is 5.32 Å². The monoisotopic (exact) mass is 185 g/mol. The molecule has 1 aromatic heterocycles. The summed E-state index contributed by atoms with van der Waals surface area (Å²) in [6, 6.07) is 3.60. The summed E-state index contributed by atoms with van der Waals surface area (Å²) in [6.07, 6.45) is 0. The van der Waals surface area contributed by atoms with Crippen LogP contribution in [0.4, 0.5) is 0 Å². The quantitative estimate of drug-likeness (QED) is 0.615. The predicted molar refractivity (Wildman–Crippen MR) is 48.0 cm³/mol. The maximum absolute atomic E-state index is 8.73. The Bertz CT molecular complexity index is 247. The molecule has 1 heterocycles. The van der Waals surface area contributed by atoms with Crippen molar-refractivity contribution in [3.63, 3.8) is 0 Å². The number of furan rings is 1. The van der Waals surface area contributed by atoms with Crippen LogP contribution in [0.1, 0.15) is 18.4 Å². The second-order valence-corrected chi connectivity index (χ2v) is 2.99. The molecule has 13 heavy (non-hydrogen) atoms. The van der Waals surface area contributed by atoms with Crippen molar-refractivity contribution in [1.29, 1.82) is 0 Å². The van der Waals surface area contributed by atoms with Gasteiger partial charge in [0, 0.05) is 6.04 Å². The normalized spacial score (nSPS) is 13.2. The molecule has 1 atom stereocenters. The lowest BCUT2D eigenvalue weighted by Gasteiger charge is -2.08. The van der Waals surface area contributed by atoms with Gasteiger partial charge in [-0.3, -0.25) is 0 Å². The minimum atomic E-state index is -0.0739. The molecule has 1 rings (SSSR count). The molecule has 0 radical (unpaired) electrons. The Morgan fingerprint density at radius 3 is 2.62 bits per heavy atom. The minimum Gasteiger partial charge on any atom is -0.462 e. The number of hydrogen-bond acceptors (Lipinski definition) is 4. The first kappa shape index (κ1) is 10.2. The molecular formula is C9H15NO3. The van der Waals surface area contributed by atoms with Crippen LogP contribution in [0.15, 0.2) is 16.5 Å². The molecule has 0 fully saturated rings. The Morgan fingerprint density at radius 2 is 2.08 bits per heavy atom. The van der Waals surface area contributed by atoms with E-state index >= 15 is 0 Å². The molecule has 0 saturated heterocycles. The van der Waals surface area contributed by atoms with Gasteiger partial charge in [0.2, 0.25) is 0 Å². The molecule has 0 aliphatic heterocycles. The van der Waals surface area contributed by atoms with Gasteiger partial charge in [0.1, 0.15) is 18.1 Å². The molecule has 0 aliphatic carbocycles. The van der Waals surface area contributed by atoms with Gasteiger partial charge in [-0.2, -0.15) is 0 Å². The highest BCUT2D eigenvalue weighted by atomic mass is 16.4. The van der Waals surface area contributed by atoms with E-state index in [1.807, 2.05) is 13.0 Å². The van der Waals surface area contributed by atoms with Crippen molar-refractivity contribution >= 4 is 0 Å². The zero-order valence-corrected chi connectivity index (χ0v) is 7.66. The Morgan fingerprint density at radius 1 is 1.38 bits per heavy atom. The van der Waals surface area contributed by atoms with Gasteiger partial charge in [-0.25, -0.2) is 0 Å². The number of rotatable bonds is 5. The molecular weight excluding hydrogens is 170 g/mol. The Kier molecular flexibility index (Phi) is 3.95. The maximum atomic E-state index is 8.73. The summed E-state index contributed by atoms with van der Waals surface area (Å²) in [5.41, 5.74) is 0. The summed E-state index contributed by atoms with van der Waals surface area (Å²) in [7, 11) is 0. The summed E-state index contributed by atoms with van der Waals surface area (Å²) >= 11 is 0. The first-order valence-electron chi connectivity index (χ1n) is 4.29. The molecule has 0 bridgehead atoms. The summed E-state index contributed by atoms with van der Waals surface area (Å²) < 4.78 is 5.23. The van der Waals surface area contributed by atoms with Crippen molar-refractivity contribution < 1.29 is 14.6 Å². The third kappa shape index (κ3) is 3.18. The zero-order chi connectivity index (χ0) is 9.68.